The number of unbranched alkanes of at least 4 members (excludes halogenated alkanes) is 18. The normalized spacial score (nSPS) is 11.0. The molecule has 0 bridgehead atoms. The van der Waals surface area contributed by atoms with E-state index in [1.807, 2.05) is 0 Å². The molecule has 0 aliphatic heterocycles. The first-order valence-electron chi connectivity index (χ1n) is 14.2. The van der Waals surface area contributed by atoms with Crippen molar-refractivity contribution in [1.82, 2.24) is 5.32 Å². The average molecular weight is 470 g/mol. The Balaban J connectivity index is 3.29. The van der Waals surface area contributed by atoms with Crippen LogP contribution in [0.15, 0.2) is 0 Å². The van der Waals surface area contributed by atoms with Crippen molar-refractivity contribution in [2.45, 2.75) is 142 Å². The van der Waals surface area contributed by atoms with E-state index in [-0.39, 0.29) is 25.0 Å². The van der Waals surface area contributed by atoms with Gasteiger partial charge in [-0.15, -0.1) is 0 Å². The van der Waals surface area contributed by atoms with Gasteiger partial charge >= 0.3 is 11.9 Å². The van der Waals surface area contributed by atoms with Crippen molar-refractivity contribution in [3.05, 3.63) is 0 Å². The Labute approximate surface area is 205 Å². The topological polar surface area (TPSA) is 64.6 Å². The largest absolute Gasteiger partial charge is 0.465 e. The van der Waals surface area contributed by atoms with E-state index in [9.17, 15) is 9.59 Å². The third kappa shape index (κ3) is 27.0. The molecule has 33 heavy (non-hydrogen) atoms. The number of carbonyl (C=O) groups excluding carboxylic acids is 2. The van der Waals surface area contributed by atoms with E-state index in [2.05, 4.69) is 19.2 Å². The summed E-state index contributed by atoms with van der Waals surface area (Å²) in [6, 6.07) is 0. The van der Waals surface area contributed by atoms with Crippen LogP contribution < -0.4 is 5.32 Å². The van der Waals surface area contributed by atoms with E-state index in [1.54, 1.807) is 0 Å². The van der Waals surface area contributed by atoms with Gasteiger partial charge in [-0.3, -0.25) is 14.9 Å². The number of carbonyl (C=O) groups is 2. The molecule has 0 aromatic rings. The standard InChI is InChI=1S/C28H55NO4/c1-3-5-7-9-11-13-15-17-19-21-23-32-27(30)25-29-26-28(31)33-24-22-20-18-16-14-12-10-8-6-4-2/h29H,3-26H2,1-2H3. The fraction of sp³-hybridized carbons (Fsp3) is 0.929. The molecule has 0 aliphatic carbocycles. The van der Waals surface area contributed by atoms with Crippen LogP contribution in [0, 0.1) is 0 Å². The molecule has 0 saturated carbocycles. The van der Waals surface area contributed by atoms with Gasteiger partial charge < -0.3 is 9.47 Å². The van der Waals surface area contributed by atoms with Gasteiger partial charge in [-0.2, -0.15) is 0 Å². The van der Waals surface area contributed by atoms with Crippen LogP contribution in [-0.4, -0.2) is 38.2 Å². The van der Waals surface area contributed by atoms with Crippen molar-refractivity contribution >= 4 is 11.9 Å². The molecule has 0 aliphatic rings. The molecule has 196 valence electrons. The van der Waals surface area contributed by atoms with E-state index < -0.39 is 0 Å². The highest BCUT2D eigenvalue weighted by molar-refractivity contribution is 5.74. The zero-order valence-electron chi connectivity index (χ0n) is 22.1. The third-order valence-corrected chi connectivity index (χ3v) is 6.06. The molecule has 0 radical (unpaired) electrons. The van der Waals surface area contributed by atoms with Gasteiger partial charge in [0.05, 0.1) is 26.3 Å². The summed E-state index contributed by atoms with van der Waals surface area (Å²) >= 11 is 0. The van der Waals surface area contributed by atoms with Crippen LogP contribution in [0.1, 0.15) is 142 Å². The Bertz CT molecular complexity index is 390. The molecular weight excluding hydrogens is 414 g/mol. The van der Waals surface area contributed by atoms with Crippen LogP contribution >= 0.6 is 0 Å². The van der Waals surface area contributed by atoms with E-state index in [1.165, 1.54) is 103 Å². The second kappa shape index (κ2) is 27.1. The van der Waals surface area contributed by atoms with Crippen molar-refractivity contribution in [2.75, 3.05) is 26.3 Å². The highest BCUT2D eigenvalue weighted by atomic mass is 16.5. The average Bonchev–Trinajstić information content (AvgIpc) is 2.81. The first kappa shape index (κ1) is 31.9. The quantitative estimate of drug-likeness (QED) is 0.105. The highest BCUT2D eigenvalue weighted by Gasteiger charge is 2.06. The fourth-order valence-corrected chi connectivity index (χ4v) is 3.92. The lowest BCUT2D eigenvalue weighted by molar-refractivity contribution is -0.144. The lowest BCUT2D eigenvalue weighted by Crippen LogP contribution is -2.31. The molecule has 0 aromatic heterocycles. The van der Waals surface area contributed by atoms with E-state index in [0.717, 1.165) is 25.7 Å². The van der Waals surface area contributed by atoms with Gasteiger partial charge in [0.2, 0.25) is 0 Å². The summed E-state index contributed by atoms with van der Waals surface area (Å²) in [5.41, 5.74) is 0. The fourth-order valence-electron chi connectivity index (χ4n) is 3.92. The molecule has 0 aromatic carbocycles. The molecule has 0 atom stereocenters. The molecule has 0 heterocycles. The van der Waals surface area contributed by atoms with Crippen LogP contribution in [0.3, 0.4) is 0 Å². The summed E-state index contributed by atoms with van der Waals surface area (Å²) in [7, 11) is 0. The Morgan fingerprint density at radius 2 is 0.727 bits per heavy atom. The first-order chi connectivity index (χ1) is 16.2. The molecule has 5 heteroatoms. The molecule has 0 rings (SSSR count). The molecule has 5 nitrogen and oxygen atoms in total. The number of nitrogens with one attached hydrogen (secondary N) is 1. The molecule has 0 unspecified atom stereocenters. The summed E-state index contributed by atoms with van der Waals surface area (Å²) in [4.78, 5) is 23.4. The van der Waals surface area contributed by atoms with Crippen LogP contribution in [0.25, 0.3) is 0 Å². The molecule has 0 spiro atoms. The molecule has 0 amide bonds. The summed E-state index contributed by atoms with van der Waals surface area (Å²) in [6.07, 6.45) is 25.2. The van der Waals surface area contributed by atoms with Gasteiger partial charge in [0.1, 0.15) is 0 Å². The maximum Gasteiger partial charge on any atom is 0.319 e. The second-order valence-corrected chi connectivity index (χ2v) is 9.41. The number of rotatable bonds is 26. The van der Waals surface area contributed by atoms with Gasteiger partial charge in [0, 0.05) is 0 Å². The van der Waals surface area contributed by atoms with Crippen LogP contribution in [-0.2, 0) is 19.1 Å². The lowest BCUT2D eigenvalue weighted by atomic mass is 10.1. The van der Waals surface area contributed by atoms with Gasteiger partial charge in [-0.25, -0.2) is 0 Å². The van der Waals surface area contributed by atoms with Crippen molar-refractivity contribution in [2.24, 2.45) is 0 Å². The van der Waals surface area contributed by atoms with E-state index in [0.29, 0.717) is 13.2 Å². The van der Waals surface area contributed by atoms with Crippen molar-refractivity contribution in [3.8, 4) is 0 Å². The lowest BCUT2D eigenvalue weighted by Gasteiger charge is -2.07. The van der Waals surface area contributed by atoms with Crippen molar-refractivity contribution < 1.29 is 19.1 Å². The SMILES string of the molecule is CCCCCCCCCCCCOC(=O)CNCC(=O)OCCCCCCCCCCCC. The van der Waals surface area contributed by atoms with Crippen molar-refractivity contribution in [1.29, 1.82) is 0 Å². The van der Waals surface area contributed by atoms with Crippen LogP contribution in [0.4, 0.5) is 0 Å². The summed E-state index contributed by atoms with van der Waals surface area (Å²) in [5.74, 6) is -0.596. The maximum atomic E-state index is 11.7. The van der Waals surface area contributed by atoms with Crippen LogP contribution in [0.2, 0.25) is 0 Å². The minimum absolute atomic E-state index is 0.0606. The maximum absolute atomic E-state index is 11.7. The Morgan fingerprint density at radius 3 is 1.03 bits per heavy atom. The monoisotopic (exact) mass is 469 g/mol. The molecular formula is C28H55NO4. The predicted octanol–water partition coefficient (Wildman–Crippen LogP) is 7.50. The number of ether oxygens (including phenoxy) is 2. The summed E-state index contributed by atoms with van der Waals surface area (Å²) in [5, 5.41) is 2.82. The van der Waals surface area contributed by atoms with E-state index >= 15 is 0 Å². The second-order valence-electron chi connectivity index (χ2n) is 9.41. The van der Waals surface area contributed by atoms with Crippen molar-refractivity contribution in [3.63, 3.8) is 0 Å². The summed E-state index contributed by atoms with van der Waals surface area (Å²) in [6.45, 7) is 5.56. The van der Waals surface area contributed by atoms with Gasteiger partial charge in [-0.1, -0.05) is 129 Å². The minimum Gasteiger partial charge on any atom is -0.465 e. The van der Waals surface area contributed by atoms with Crippen LogP contribution in [0.5, 0.6) is 0 Å². The zero-order valence-corrected chi connectivity index (χ0v) is 22.1. The molecule has 1 N–H and O–H groups in total. The Hall–Kier alpha value is -1.10. The molecule has 0 saturated heterocycles. The Kier molecular flexibility index (Phi) is 26.2. The minimum atomic E-state index is -0.298. The first-order valence-corrected chi connectivity index (χ1v) is 14.2. The predicted molar refractivity (Wildman–Crippen MR) is 138 cm³/mol. The number of esters is 2. The Morgan fingerprint density at radius 1 is 0.455 bits per heavy atom. The van der Waals surface area contributed by atoms with E-state index in [4.69, 9.17) is 9.47 Å². The molecule has 0 fully saturated rings. The van der Waals surface area contributed by atoms with Gasteiger partial charge in [0.15, 0.2) is 0 Å². The van der Waals surface area contributed by atoms with Gasteiger partial charge in [-0.05, 0) is 12.8 Å². The number of hydrogen-bond donors (Lipinski definition) is 1. The third-order valence-electron chi connectivity index (χ3n) is 6.06. The zero-order chi connectivity index (χ0) is 24.2. The van der Waals surface area contributed by atoms with Gasteiger partial charge in [0.25, 0.3) is 0 Å². The number of hydrogen-bond acceptors (Lipinski definition) is 5. The smallest absolute Gasteiger partial charge is 0.319 e. The highest BCUT2D eigenvalue weighted by Crippen LogP contribution is 2.11. The summed E-state index contributed by atoms with van der Waals surface area (Å²) < 4.78 is 10.4.